The molecule has 1 aliphatic rings. The number of carbonyl (C=O) groups is 2. The third kappa shape index (κ3) is 4.76. The summed E-state index contributed by atoms with van der Waals surface area (Å²) in [5.41, 5.74) is 0.529. The number of carbonyl (C=O) groups excluding carboxylic acids is 2. The van der Waals surface area contributed by atoms with Crippen LogP contribution in [0.2, 0.25) is 0 Å². The number of rotatable bonds is 5. The highest BCUT2D eigenvalue weighted by molar-refractivity contribution is 5.95. The number of piperazine rings is 1. The molecule has 154 valence electrons. The summed E-state index contributed by atoms with van der Waals surface area (Å²) in [6, 6.07) is 6.72. The number of hydrogen-bond acceptors (Lipinski definition) is 4. The first-order chi connectivity index (χ1) is 13.8. The van der Waals surface area contributed by atoms with Gasteiger partial charge in [-0.2, -0.15) is 0 Å². The molecule has 1 N–H and O–H groups in total. The Balaban J connectivity index is 1.60. The first-order valence-electron chi connectivity index (χ1n) is 9.31. The van der Waals surface area contributed by atoms with E-state index in [9.17, 15) is 22.8 Å². The van der Waals surface area contributed by atoms with E-state index >= 15 is 0 Å². The van der Waals surface area contributed by atoms with Crippen LogP contribution >= 0.6 is 0 Å². The number of benzene rings is 2. The lowest BCUT2D eigenvalue weighted by Crippen LogP contribution is -2.53. The molecule has 0 spiro atoms. The lowest BCUT2D eigenvalue weighted by atomic mass is 10.1. The second kappa shape index (κ2) is 8.65. The Hall–Kier alpha value is -2.87. The summed E-state index contributed by atoms with van der Waals surface area (Å²) in [6.07, 6.45) is 0. The summed E-state index contributed by atoms with van der Waals surface area (Å²) in [7, 11) is 0. The van der Waals surface area contributed by atoms with Crippen LogP contribution in [-0.4, -0.2) is 48.8 Å². The van der Waals surface area contributed by atoms with Crippen LogP contribution in [0.3, 0.4) is 0 Å². The molecule has 2 aromatic carbocycles. The molecule has 0 radical (unpaired) electrons. The average Bonchev–Trinajstić information content (AvgIpc) is 2.70. The highest BCUT2D eigenvalue weighted by atomic mass is 19.1. The maximum atomic E-state index is 14.4. The van der Waals surface area contributed by atoms with Gasteiger partial charge in [0, 0.05) is 37.8 Å². The molecule has 8 heteroatoms. The number of ketones is 1. The van der Waals surface area contributed by atoms with Crippen LogP contribution in [0.15, 0.2) is 36.4 Å². The molecule has 3 rings (SSSR count). The van der Waals surface area contributed by atoms with Crippen LogP contribution in [0.25, 0.3) is 0 Å². The van der Waals surface area contributed by atoms with Crippen molar-refractivity contribution in [2.75, 3.05) is 36.4 Å². The fraction of sp³-hybridized carbons (Fsp3) is 0.333. The van der Waals surface area contributed by atoms with E-state index in [0.717, 1.165) is 18.2 Å². The Labute approximate surface area is 167 Å². The molecule has 29 heavy (non-hydrogen) atoms. The normalized spacial score (nSPS) is 15.8. The van der Waals surface area contributed by atoms with Crippen molar-refractivity contribution in [1.29, 1.82) is 0 Å². The molecule has 1 fully saturated rings. The largest absolute Gasteiger partial charge is 0.367 e. The zero-order chi connectivity index (χ0) is 21.1. The minimum Gasteiger partial charge on any atom is -0.367 e. The highest BCUT2D eigenvalue weighted by Crippen LogP contribution is 2.23. The van der Waals surface area contributed by atoms with Crippen molar-refractivity contribution in [2.45, 2.75) is 19.9 Å². The number of halogens is 3. The molecule has 1 heterocycles. The molecule has 1 aliphatic heterocycles. The van der Waals surface area contributed by atoms with Crippen LogP contribution in [0.4, 0.5) is 24.5 Å². The minimum atomic E-state index is -0.707. The molecule has 1 amide bonds. The minimum absolute atomic E-state index is 0.199. The fourth-order valence-corrected chi connectivity index (χ4v) is 3.33. The van der Waals surface area contributed by atoms with Crippen LogP contribution in [0.5, 0.6) is 0 Å². The number of anilines is 2. The van der Waals surface area contributed by atoms with Crippen molar-refractivity contribution in [3.05, 3.63) is 59.4 Å². The summed E-state index contributed by atoms with van der Waals surface area (Å²) in [6.45, 7) is 5.03. The Kier molecular flexibility index (Phi) is 6.22. The Morgan fingerprint density at radius 3 is 2.28 bits per heavy atom. The monoisotopic (exact) mass is 405 g/mol. The van der Waals surface area contributed by atoms with Crippen LogP contribution in [0, 0.1) is 17.5 Å². The molecule has 1 atom stereocenters. The van der Waals surface area contributed by atoms with E-state index in [2.05, 4.69) is 5.32 Å². The summed E-state index contributed by atoms with van der Waals surface area (Å²) in [5, 5.41) is 2.42. The maximum Gasteiger partial charge on any atom is 0.241 e. The third-order valence-electron chi connectivity index (χ3n) is 5.12. The van der Waals surface area contributed by atoms with Crippen LogP contribution in [0.1, 0.15) is 24.2 Å². The third-order valence-corrected chi connectivity index (χ3v) is 5.12. The summed E-state index contributed by atoms with van der Waals surface area (Å²) >= 11 is 0. The van der Waals surface area contributed by atoms with Crippen molar-refractivity contribution in [3.8, 4) is 0 Å². The van der Waals surface area contributed by atoms with Gasteiger partial charge in [0.25, 0.3) is 0 Å². The number of hydrogen-bond donors (Lipinski definition) is 1. The van der Waals surface area contributed by atoms with E-state index in [-0.39, 0.29) is 11.5 Å². The Morgan fingerprint density at radius 2 is 1.66 bits per heavy atom. The molecule has 1 saturated heterocycles. The second-order valence-corrected chi connectivity index (χ2v) is 7.03. The molecular formula is C21H22F3N3O2. The van der Waals surface area contributed by atoms with Crippen LogP contribution in [-0.2, 0) is 4.79 Å². The zero-order valence-corrected chi connectivity index (χ0v) is 16.2. The van der Waals surface area contributed by atoms with Crippen molar-refractivity contribution in [1.82, 2.24) is 4.90 Å². The lowest BCUT2D eigenvalue weighted by molar-refractivity contribution is -0.120. The predicted octanol–water partition coefficient (Wildman–Crippen LogP) is 3.46. The van der Waals surface area contributed by atoms with E-state index in [1.807, 2.05) is 9.80 Å². The molecular weight excluding hydrogens is 383 g/mol. The van der Waals surface area contributed by atoms with Gasteiger partial charge < -0.3 is 10.2 Å². The fourth-order valence-electron chi connectivity index (χ4n) is 3.33. The van der Waals surface area contributed by atoms with Crippen molar-refractivity contribution >= 4 is 23.1 Å². The molecule has 5 nitrogen and oxygen atoms in total. The van der Waals surface area contributed by atoms with E-state index in [1.165, 1.54) is 13.0 Å². The van der Waals surface area contributed by atoms with Gasteiger partial charge >= 0.3 is 0 Å². The standard InChI is InChI=1S/C21H22F3N3O2/c1-13(21(29)25-19-12-16(22)4-5-17(19)23)26-7-9-27(10-8-26)20-6-3-15(14(2)28)11-18(20)24/h3-6,11-13H,7-10H2,1-2H3,(H,25,29). The molecule has 0 aliphatic carbocycles. The van der Waals surface area contributed by atoms with Crippen molar-refractivity contribution < 1.29 is 22.8 Å². The van der Waals surface area contributed by atoms with E-state index in [0.29, 0.717) is 37.4 Å². The van der Waals surface area contributed by atoms with E-state index in [4.69, 9.17) is 0 Å². The number of amides is 1. The topological polar surface area (TPSA) is 52.7 Å². The van der Waals surface area contributed by atoms with Gasteiger partial charge in [0.1, 0.15) is 17.5 Å². The summed E-state index contributed by atoms with van der Waals surface area (Å²) < 4.78 is 41.4. The number of Topliss-reactive ketones (excluding diaryl/α,β-unsaturated/α-hetero) is 1. The summed E-state index contributed by atoms with van der Waals surface area (Å²) in [5.74, 6) is -2.45. The van der Waals surface area contributed by atoms with Gasteiger partial charge in [-0.05, 0) is 44.2 Å². The van der Waals surface area contributed by atoms with Gasteiger partial charge in [-0.1, -0.05) is 0 Å². The van der Waals surface area contributed by atoms with Gasteiger partial charge in [-0.25, -0.2) is 13.2 Å². The molecule has 1 unspecified atom stereocenters. The average molecular weight is 405 g/mol. The molecule has 2 aromatic rings. The Bertz CT molecular complexity index is 927. The Morgan fingerprint density at radius 1 is 0.966 bits per heavy atom. The van der Waals surface area contributed by atoms with Gasteiger partial charge in [-0.15, -0.1) is 0 Å². The first-order valence-corrected chi connectivity index (χ1v) is 9.31. The smallest absolute Gasteiger partial charge is 0.241 e. The number of nitrogens with one attached hydrogen (secondary N) is 1. The molecule has 0 saturated carbocycles. The summed E-state index contributed by atoms with van der Waals surface area (Å²) in [4.78, 5) is 27.6. The zero-order valence-electron chi connectivity index (χ0n) is 16.2. The SMILES string of the molecule is CC(=O)c1ccc(N2CCN(C(C)C(=O)Nc3cc(F)ccc3F)CC2)c(F)c1. The predicted molar refractivity (Wildman–Crippen MR) is 105 cm³/mol. The van der Waals surface area contributed by atoms with Gasteiger partial charge in [0.2, 0.25) is 5.91 Å². The molecule has 0 bridgehead atoms. The van der Waals surface area contributed by atoms with Crippen molar-refractivity contribution in [3.63, 3.8) is 0 Å². The maximum absolute atomic E-state index is 14.4. The second-order valence-electron chi connectivity index (χ2n) is 7.03. The molecule has 0 aromatic heterocycles. The van der Waals surface area contributed by atoms with E-state index < -0.39 is 29.4 Å². The van der Waals surface area contributed by atoms with Crippen LogP contribution < -0.4 is 10.2 Å². The van der Waals surface area contributed by atoms with Gasteiger partial charge in [-0.3, -0.25) is 14.5 Å². The highest BCUT2D eigenvalue weighted by Gasteiger charge is 2.27. The van der Waals surface area contributed by atoms with Gasteiger partial charge in [0.15, 0.2) is 5.78 Å². The van der Waals surface area contributed by atoms with E-state index in [1.54, 1.807) is 19.1 Å². The van der Waals surface area contributed by atoms with Crippen molar-refractivity contribution in [2.24, 2.45) is 0 Å². The first kappa shape index (κ1) is 20.9. The number of nitrogens with zero attached hydrogens (tertiary/aromatic N) is 2. The van der Waals surface area contributed by atoms with Gasteiger partial charge in [0.05, 0.1) is 17.4 Å². The lowest BCUT2D eigenvalue weighted by Gasteiger charge is -2.38. The quantitative estimate of drug-likeness (QED) is 0.775.